The number of nitro benzene ring substituents is 1. The first kappa shape index (κ1) is 16.4. The van der Waals surface area contributed by atoms with Crippen molar-refractivity contribution >= 4 is 17.5 Å². The molecule has 0 spiro atoms. The summed E-state index contributed by atoms with van der Waals surface area (Å²) in [5.74, 6) is 0.701. The smallest absolute Gasteiger partial charge is 0.280 e. The van der Waals surface area contributed by atoms with Gasteiger partial charge in [0.1, 0.15) is 11.5 Å². The first-order valence-electron chi connectivity index (χ1n) is 7.67. The number of hydrogen-bond donors (Lipinski definition) is 0. The molecule has 1 heterocycles. The average Bonchev–Trinajstić information content (AvgIpc) is 3.09. The van der Waals surface area contributed by atoms with E-state index in [9.17, 15) is 14.9 Å². The summed E-state index contributed by atoms with van der Waals surface area (Å²) in [5.41, 5.74) is 1.78. The molecular weight excluding hydrogens is 318 g/mol. The lowest BCUT2D eigenvalue weighted by molar-refractivity contribution is -0.384. The van der Waals surface area contributed by atoms with Crippen LogP contribution in [0.2, 0.25) is 0 Å². The van der Waals surface area contributed by atoms with E-state index in [0.29, 0.717) is 22.6 Å². The van der Waals surface area contributed by atoms with E-state index in [4.69, 9.17) is 4.42 Å². The zero-order valence-electron chi connectivity index (χ0n) is 13.5. The Bertz CT molecular complexity index is 955. The van der Waals surface area contributed by atoms with Crippen LogP contribution in [-0.4, -0.2) is 10.7 Å². The average molecular weight is 333 g/mol. The molecule has 0 atom stereocenters. The number of ketones is 1. The van der Waals surface area contributed by atoms with Crippen LogP contribution in [0.25, 0.3) is 17.4 Å². The molecule has 0 radical (unpaired) electrons. The first-order chi connectivity index (χ1) is 12.0. The molecule has 0 amide bonds. The van der Waals surface area contributed by atoms with Crippen molar-refractivity contribution in [3.63, 3.8) is 0 Å². The molecule has 2 aromatic carbocycles. The molecule has 0 aliphatic carbocycles. The summed E-state index contributed by atoms with van der Waals surface area (Å²) in [4.78, 5) is 22.9. The summed E-state index contributed by atoms with van der Waals surface area (Å²) < 4.78 is 5.64. The van der Waals surface area contributed by atoms with Crippen LogP contribution < -0.4 is 0 Å². The van der Waals surface area contributed by atoms with Crippen molar-refractivity contribution < 1.29 is 14.1 Å². The standard InChI is InChI=1S/C20H15NO4/c1-14-7-10-17(18(13-14)21(23)24)20-12-9-16(25-20)8-11-19(22)15-5-3-2-4-6-15/h2-13H,1H3/b11-8+. The van der Waals surface area contributed by atoms with E-state index in [1.54, 1.807) is 61.5 Å². The second-order valence-electron chi connectivity index (χ2n) is 5.54. The van der Waals surface area contributed by atoms with Crippen LogP contribution in [0.3, 0.4) is 0 Å². The van der Waals surface area contributed by atoms with Gasteiger partial charge in [-0.25, -0.2) is 0 Å². The molecule has 3 rings (SSSR count). The van der Waals surface area contributed by atoms with Crippen LogP contribution in [-0.2, 0) is 0 Å². The summed E-state index contributed by atoms with van der Waals surface area (Å²) >= 11 is 0. The van der Waals surface area contributed by atoms with E-state index >= 15 is 0 Å². The van der Waals surface area contributed by atoms with Crippen molar-refractivity contribution in [1.29, 1.82) is 0 Å². The molecule has 25 heavy (non-hydrogen) atoms. The van der Waals surface area contributed by atoms with Gasteiger partial charge in [0.25, 0.3) is 5.69 Å². The highest BCUT2D eigenvalue weighted by molar-refractivity contribution is 6.06. The Hall–Kier alpha value is -3.47. The number of furan rings is 1. The quantitative estimate of drug-likeness (QED) is 0.283. The molecule has 1 aromatic heterocycles. The van der Waals surface area contributed by atoms with Crippen LogP contribution in [0.1, 0.15) is 21.7 Å². The number of carbonyl (C=O) groups excluding carboxylic acids is 1. The van der Waals surface area contributed by atoms with Crippen molar-refractivity contribution in [2.75, 3.05) is 0 Å². The van der Waals surface area contributed by atoms with Crippen LogP contribution in [0, 0.1) is 17.0 Å². The third kappa shape index (κ3) is 3.72. The molecular formula is C20H15NO4. The molecule has 0 saturated heterocycles. The Morgan fingerprint density at radius 2 is 1.84 bits per heavy atom. The molecule has 0 aliphatic rings. The molecule has 0 saturated carbocycles. The minimum atomic E-state index is -0.431. The van der Waals surface area contributed by atoms with Gasteiger partial charge in [-0.05, 0) is 42.8 Å². The maximum atomic E-state index is 12.1. The largest absolute Gasteiger partial charge is 0.456 e. The number of benzene rings is 2. The van der Waals surface area contributed by atoms with Crippen molar-refractivity contribution in [3.8, 4) is 11.3 Å². The fourth-order valence-corrected chi connectivity index (χ4v) is 2.44. The second kappa shape index (κ2) is 6.97. The molecule has 0 N–H and O–H groups in total. The Labute approximate surface area is 144 Å². The number of rotatable bonds is 5. The first-order valence-corrected chi connectivity index (χ1v) is 7.67. The predicted octanol–water partition coefficient (Wildman–Crippen LogP) is 5.06. The SMILES string of the molecule is Cc1ccc(-c2ccc(/C=C/C(=O)c3ccccc3)o2)c([N+](=O)[O-])c1. The van der Waals surface area contributed by atoms with Gasteiger partial charge in [0.15, 0.2) is 5.78 Å². The van der Waals surface area contributed by atoms with Gasteiger partial charge >= 0.3 is 0 Å². The van der Waals surface area contributed by atoms with E-state index in [2.05, 4.69) is 0 Å². The van der Waals surface area contributed by atoms with E-state index in [-0.39, 0.29) is 11.5 Å². The van der Waals surface area contributed by atoms with Gasteiger partial charge < -0.3 is 4.42 Å². The second-order valence-corrected chi connectivity index (χ2v) is 5.54. The van der Waals surface area contributed by atoms with Gasteiger partial charge in [-0.1, -0.05) is 36.4 Å². The number of allylic oxidation sites excluding steroid dienone is 1. The Kier molecular flexibility index (Phi) is 4.57. The zero-order valence-corrected chi connectivity index (χ0v) is 13.5. The topological polar surface area (TPSA) is 73.3 Å². The van der Waals surface area contributed by atoms with Crippen LogP contribution >= 0.6 is 0 Å². The molecule has 124 valence electrons. The minimum absolute atomic E-state index is 0.00904. The normalized spacial score (nSPS) is 10.9. The maximum Gasteiger partial charge on any atom is 0.280 e. The third-order valence-electron chi connectivity index (χ3n) is 3.70. The molecule has 0 bridgehead atoms. The lowest BCUT2D eigenvalue weighted by atomic mass is 10.1. The predicted molar refractivity (Wildman–Crippen MR) is 95.3 cm³/mol. The number of nitro groups is 1. The van der Waals surface area contributed by atoms with Crippen molar-refractivity contribution in [3.05, 3.63) is 93.7 Å². The Balaban J connectivity index is 1.85. The van der Waals surface area contributed by atoms with Gasteiger partial charge in [-0.15, -0.1) is 0 Å². The van der Waals surface area contributed by atoms with E-state index in [1.165, 1.54) is 12.1 Å². The highest BCUT2D eigenvalue weighted by Crippen LogP contribution is 2.32. The highest BCUT2D eigenvalue weighted by Gasteiger charge is 2.18. The summed E-state index contributed by atoms with van der Waals surface area (Å²) in [5, 5.41) is 11.2. The number of carbonyl (C=O) groups is 1. The Morgan fingerprint density at radius 1 is 1.08 bits per heavy atom. The third-order valence-corrected chi connectivity index (χ3v) is 3.70. The van der Waals surface area contributed by atoms with Gasteiger partial charge in [0.2, 0.25) is 0 Å². The van der Waals surface area contributed by atoms with E-state index < -0.39 is 4.92 Å². The van der Waals surface area contributed by atoms with E-state index in [0.717, 1.165) is 5.56 Å². The van der Waals surface area contributed by atoms with E-state index in [1.807, 2.05) is 6.07 Å². The van der Waals surface area contributed by atoms with Crippen molar-refractivity contribution in [1.82, 2.24) is 0 Å². The fourth-order valence-electron chi connectivity index (χ4n) is 2.44. The van der Waals surface area contributed by atoms with Gasteiger partial charge in [0.05, 0.1) is 10.5 Å². The lowest BCUT2D eigenvalue weighted by Crippen LogP contribution is -1.92. The summed E-state index contributed by atoms with van der Waals surface area (Å²) in [6, 6.07) is 17.2. The zero-order chi connectivity index (χ0) is 17.8. The summed E-state index contributed by atoms with van der Waals surface area (Å²) in [7, 11) is 0. The molecule has 0 fully saturated rings. The molecule has 0 aliphatic heterocycles. The fraction of sp³-hybridized carbons (Fsp3) is 0.0500. The number of hydrogen-bond acceptors (Lipinski definition) is 4. The molecule has 5 nitrogen and oxygen atoms in total. The van der Waals surface area contributed by atoms with Crippen molar-refractivity contribution in [2.45, 2.75) is 6.92 Å². The number of aryl methyl sites for hydroxylation is 1. The van der Waals surface area contributed by atoms with Crippen molar-refractivity contribution in [2.24, 2.45) is 0 Å². The van der Waals surface area contributed by atoms with Gasteiger partial charge in [-0.2, -0.15) is 0 Å². The van der Waals surface area contributed by atoms with Gasteiger partial charge in [0, 0.05) is 11.6 Å². The van der Waals surface area contributed by atoms with Crippen LogP contribution in [0.4, 0.5) is 5.69 Å². The monoisotopic (exact) mass is 333 g/mol. The van der Waals surface area contributed by atoms with Crippen LogP contribution in [0.15, 0.2) is 71.2 Å². The Morgan fingerprint density at radius 3 is 2.56 bits per heavy atom. The van der Waals surface area contributed by atoms with Gasteiger partial charge in [-0.3, -0.25) is 14.9 Å². The van der Waals surface area contributed by atoms with Crippen LogP contribution in [0.5, 0.6) is 0 Å². The highest BCUT2D eigenvalue weighted by atomic mass is 16.6. The summed E-state index contributed by atoms with van der Waals surface area (Å²) in [6.45, 7) is 1.79. The molecule has 5 heteroatoms. The molecule has 3 aromatic rings. The number of nitrogens with zero attached hydrogens (tertiary/aromatic N) is 1. The lowest BCUT2D eigenvalue weighted by Gasteiger charge is -2.01. The minimum Gasteiger partial charge on any atom is -0.456 e. The molecule has 0 unspecified atom stereocenters. The maximum absolute atomic E-state index is 12.1. The summed E-state index contributed by atoms with van der Waals surface area (Å²) in [6.07, 6.45) is 2.97.